The van der Waals surface area contributed by atoms with Crippen LogP contribution in [0.15, 0.2) is 12.1 Å². The Labute approximate surface area is 125 Å². The second-order valence-corrected chi connectivity index (χ2v) is 5.80. The molecule has 1 fully saturated rings. The molecule has 1 atom stereocenters. The van der Waals surface area contributed by atoms with Gasteiger partial charge < -0.3 is 19.7 Å². The number of fused-ring (bicyclic) bond motifs is 1. The van der Waals surface area contributed by atoms with Crippen LogP contribution in [0.1, 0.15) is 26.2 Å². The molecule has 0 saturated carbocycles. The number of nitrogens with one attached hydrogen (secondary N) is 1. The third-order valence-corrected chi connectivity index (χ3v) is 4.40. The normalized spacial score (nSPS) is 22.6. The first-order valence-corrected chi connectivity index (χ1v) is 7.72. The van der Waals surface area contributed by atoms with Gasteiger partial charge >= 0.3 is 0 Å². The van der Waals surface area contributed by atoms with E-state index in [0.29, 0.717) is 11.1 Å². The quantitative estimate of drug-likeness (QED) is 0.927. The first-order valence-electron chi connectivity index (χ1n) is 7.34. The van der Waals surface area contributed by atoms with Crippen LogP contribution in [0.5, 0.6) is 11.5 Å². The summed E-state index contributed by atoms with van der Waals surface area (Å²) in [6, 6.07) is 4.26. The van der Waals surface area contributed by atoms with E-state index in [1.165, 1.54) is 19.4 Å². The summed E-state index contributed by atoms with van der Waals surface area (Å²) in [5.74, 6) is 1.51. The first kappa shape index (κ1) is 13.8. The summed E-state index contributed by atoms with van der Waals surface area (Å²) in [6.07, 6.45) is 3.56. The predicted octanol–water partition coefficient (Wildman–Crippen LogP) is 3.36. The van der Waals surface area contributed by atoms with Gasteiger partial charge in [-0.1, -0.05) is 18.5 Å². The van der Waals surface area contributed by atoms with Gasteiger partial charge in [-0.2, -0.15) is 0 Å². The molecule has 1 N–H and O–H groups in total. The maximum absolute atomic E-state index is 6.32. The van der Waals surface area contributed by atoms with E-state index < -0.39 is 0 Å². The molecular formula is C15H21ClN2O2. The summed E-state index contributed by atoms with van der Waals surface area (Å²) < 4.78 is 10.7. The van der Waals surface area contributed by atoms with Crippen LogP contribution in [-0.2, 0) is 0 Å². The van der Waals surface area contributed by atoms with E-state index in [2.05, 4.69) is 17.1 Å². The molecule has 0 bridgehead atoms. The van der Waals surface area contributed by atoms with Crippen LogP contribution in [-0.4, -0.2) is 37.4 Å². The van der Waals surface area contributed by atoms with Crippen molar-refractivity contribution in [3.05, 3.63) is 17.2 Å². The predicted molar refractivity (Wildman–Crippen MR) is 81.0 cm³/mol. The number of rotatable bonds is 3. The van der Waals surface area contributed by atoms with Gasteiger partial charge in [-0.05, 0) is 32.4 Å². The lowest BCUT2D eigenvalue weighted by atomic mass is 10.1. The monoisotopic (exact) mass is 296 g/mol. The fraction of sp³-hybridized carbons (Fsp3) is 0.600. The lowest BCUT2D eigenvalue weighted by Gasteiger charge is -2.20. The molecule has 1 unspecified atom stereocenters. The maximum atomic E-state index is 6.32. The Kier molecular flexibility index (Phi) is 4.22. The number of anilines is 1. The molecule has 0 spiro atoms. The molecule has 0 aliphatic carbocycles. The van der Waals surface area contributed by atoms with Crippen molar-refractivity contribution in [3.63, 3.8) is 0 Å². The van der Waals surface area contributed by atoms with Crippen molar-refractivity contribution in [2.45, 2.75) is 32.2 Å². The number of ether oxygens (including phenoxy) is 2. The van der Waals surface area contributed by atoms with Crippen LogP contribution in [0.2, 0.25) is 5.02 Å². The number of hydrogen-bond acceptors (Lipinski definition) is 4. The number of halogens is 1. The van der Waals surface area contributed by atoms with Crippen molar-refractivity contribution in [2.24, 2.45) is 0 Å². The SMILES string of the molecule is CCN1CCCC(Nc2cc3c(cc2Cl)OCO3)CC1. The molecule has 2 aliphatic heterocycles. The van der Waals surface area contributed by atoms with Gasteiger partial charge in [-0.3, -0.25) is 0 Å². The van der Waals surface area contributed by atoms with Crippen molar-refractivity contribution < 1.29 is 9.47 Å². The van der Waals surface area contributed by atoms with Crippen molar-refractivity contribution in [1.82, 2.24) is 4.90 Å². The Morgan fingerprint density at radius 1 is 1.25 bits per heavy atom. The van der Waals surface area contributed by atoms with Crippen molar-refractivity contribution in [2.75, 3.05) is 31.7 Å². The van der Waals surface area contributed by atoms with Gasteiger partial charge in [0.05, 0.1) is 10.7 Å². The van der Waals surface area contributed by atoms with Gasteiger partial charge in [0.1, 0.15) is 0 Å². The minimum Gasteiger partial charge on any atom is -0.454 e. The Hall–Kier alpha value is -1.13. The summed E-state index contributed by atoms with van der Waals surface area (Å²) in [5, 5.41) is 4.27. The van der Waals surface area contributed by atoms with E-state index in [-0.39, 0.29) is 6.79 Å². The molecule has 4 nitrogen and oxygen atoms in total. The average molecular weight is 297 g/mol. The summed E-state index contributed by atoms with van der Waals surface area (Å²) >= 11 is 6.32. The molecule has 1 saturated heterocycles. The largest absolute Gasteiger partial charge is 0.454 e. The van der Waals surface area contributed by atoms with Crippen molar-refractivity contribution in [1.29, 1.82) is 0 Å². The number of nitrogens with zero attached hydrogens (tertiary/aromatic N) is 1. The minimum atomic E-state index is 0.282. The second-order valence-electron chi connectivity index (χ2n) is 5.39. The van der Waals surface area contributed by atoms with Gasteiger partial charge in [0.15, 0.2) is 11.5 Å². The molecule has 20 heavy (non-hydrogen) atoms. The molecule has 110 valence electrons. The van der Waals surface area contributed by atoms with Gasteiger partial charge in [-0.15, -0.1) is 0 Å². The van der Waals surface area contributed by atoms with Crippen LogP contribution in [0, 0.1) is 0 Å². The molecule has 2 heterocycles. The van der Waals surface area contributed by atoms with Gasteiger partial charge in [0.25, 0.3) is 0 Å². The zero-order valence-electron chi connectivity index (χ0n) is 11.8. The summed E-state index contributed by atoms with van der Waals surface area (Å²) in [6.45, 7) is 5.99. The summed E-state index contributed by atoms with van der Waals surface area (Å²) in [4.78, 5) is 2.50. The number of likely N-dealkylation sites (tertiary alicyclic amines) is 1. The zero-order chi connectivity index (χ0) is 13.9. The van der Waals surface area contributed by atoms with Gasteiger partial charge in [-0.25, -0.2) is 0 Å². The Bertz CT molecular complexity index is 481. The van der Waals surface area contributed by atoms with Gasteiger partial charge in [0, 0.05) is 24.7 Å². The lowest BCUT2D eigenvalue weighted by molar-refractivity contribution is 0.174. The Morgan fingerprint density at radius 2 is 2.05 bits per heavy atom. The smallest absolute Gasteiger partial charge is 0.231 e. The fourth-order valence-corrected chi connectivity index (χ4v) is 3.07. The summed E-state index contributed by atoms with van der Waals surface area (Å²) in [5.41, 5.74) is 0.950. The number of hydrogen-bond donors (Lipinski definition) is 1. The molecule has 5 heteroatoms. The second kappa shape index (κ2) is 6.10. The Morgan fingerprint density at radius 3 is 2.85 bits per heavy atom. The van der Waals surface area contributed by atoms with E-state index in [4.69, 9.17) is 21.1 Å². The van der Waals surface area contributed by atoms with Crippen molar-refractivity contribution in [3.8, 4) is 11.5 Å². The lowest BCUT2D eigenvalue weighted by Crippen LogP contribution is -2.26. The topological polar surface area (TPSA) is 33.7 Å². The molecule has 0 aromatic heterocycles. The molecule has 0 radical (unpaired) electrons. The Balaban J connectivity index is 1.68. The highest BCUT2D eigenvalue weighted by atomic mass is 35.5. The average Bonchev–Trinajstić information content (AvgIpc) is 2.76. The molecule has 3 rings (SSSR count). The maximum Gasteiger partial charge on any atom is 0.231 e. The molecule has 1 aromatic carbocycles. The molecule has 0 amide bonds. The van der Waals surface area contributed by atoms with Crippen molar-refractivity contribution >= 4 is 17.3 Å². The van der Waals surface area contributed by atoms with E-state index in [1.54, 1.807) is 0 Å². The third kappa shape index (κ3) is 2.96. The van der Waals surface area contributed by atoms with E-state index in [0.717, 1.165) is 36.7 Å². The van der Waals surface area contributed by atoms with Crippen LogP contribution < -0.4 is 14.8 Å². The molecule has 2 aliphatic rings. The standard InChI is InChI=1S/C15H21ClN2O2/c1-2-18-6-3-4-11(5-7-18)17-13-9-15-14(8-12(13)16)19-10-20-15/h8-9,11,17H,2-7,10H2,1H3. The fourth-order valence-electron chi connectivity index (χ4n) is 2.86. The van der Waals surface area contributed by atoms with Crippen LogP contribution in [0.25, 0.3) is 0 Å². The molecular weight excluding hydrogens is 276 g/mol. The van der Waals surface area contributed by atoms with Crippen LogP contribution in [0.4, 0.5) is 5.69 Å². The summed E-state index contributed by atoms with van der Waals surface area (Å²) in [7, 11) is 0. The highest BCUT2D eigenvalue weighted by molar-refractivity contribution is 6.33. The highest BCUT2D eigenvalue weighted by Crippen LogP contribution is 2.39. The van der Waals surface area contributed by atoms with Crippen LogP contribution >= 0.6 is 11.6 Å². The number of benzene rings is 1. The first-order chi connectivity index (χ1) is 9.76. The van der Waals surface area contributed by atoms with E-state index in [9.17, 15) is 0 Å². The minimum absolute atomic E-state index is 0.282. The highest BCUT2D eigenvalue weighted by Gasteiger charge is 2.20. The molecule has 1 aromatic rings. The van der Waals surface area contributed by atoms with Gasteiger partial charge in [0.2, 0.25) is 6.79 Å². The van der Waals surface area contributed by atoms with E-state index in [1.807, 2.05) is 12.1 Å². The zero-order valence-corrected chi connectivity index (χ0v) is 12.6. The van der Waals surface area contributed by atoms with E-state index >= 15 is 0 Å². The third-order valence-electron chi connectivity index (χ3n) is 4.09. The van der Waals surface area contributed by atoms with Crippen LogP contribution in [0.3, 0.4) is 0 Å².